The van der Waals surface area contributed by atoms with Crippen LogP contribution in [-0.2, 0) is 19.6 Å². The number of ether oxygens (including phenoxy) is 1. The van der Waals surface area contributed by atoms with Gasteiger partial charge in [-0.3, -0.25) is 4.79 Å². The minimum absolute atomic E-state index is 0.0333. The van der Waals surface area contributed by atoms with Crippen molar-refractivity contribution in [3.05, 3.63) is 0 Å². The van der Waals surface area contributed by atoms with Crippen LogP contribution >= 0.6 is 0 Å². The Labute approximate surface area is 103 Å². The van der Waals surface area contributed by atoms with Gasteiger partial charge in [-0.15, -0.1) is 0 Å². The molecule has 0 amide bonds. The maximum atomic E-state index is 11.9. The van der Waals surface area contributed by atoms with Crippen molar-refractivity contribution >= 4 is 15.8 Å². The van der Waals surface area contributed by atoms with E-state index in [-0.39, 0.29) is 24.1 Å². The summed E-state index contributed by atoms with van der Waals surface area (Å²) in [5.74, 6) is 0.232. The van der Waals surface area contributed by atoms with Gasteiger partial charge in [0.15, 0.2) is 0 Å². The highest BCUT2D eigenvalue weighted by Crippen LogP contribution is 2.20. The Morgan fingerprint density at radius 2 is 1.94 bits per heavy atom. The molecule has 1 heterocycles. The summed E-state index contributed by atoms with van der Waals surface area (Å²) in [6.07, 6.45) is 1.28. The lowest BCUT2D eigenvalue weighted by Gasteiger charge is -2.29. The summed E-state index contributed by atoms with van der Waals surface area (Å²) < 4.78 is 30.3. The smallest absolute Gasteiger partial charge is 0.216 e. The van der Waals surface area contributed by atoms with Crippen LogP contribution in [0.25, 0.3) is 0 Å². The topological polar surface area (TPSA) is 63.7 Å². The molecule has 0 aromatic heterocycles. The molecule has 1 rings (SSSR count). The molecule has 1 aliphatic rings. The van der Waals surface area contributed by atoms with Crippen LogP contribution in [0.5, 0.6) is 0 Å². The van der Waals surface area contributed by atoms with E-state index in [1.54, 1.807) is 6.92 Å². The van der Waals surface area contributed by atoms with Gasteiger partial charge < -0.3 is 4.74 Å². The molecule has 1 aliphatic heterocycles. The molecule has 6 heteroatoms. The normalized spacial score (nSPS) is 19.4. The molecule has 0 spiro atoms. The summed E-state index contributed by atoms with van der Waals surface area (Å²) in [7, 11) is -3.21. The van der Waals surface area contributed by atoms with Gasteiger partial charge in [0.25, 0.3) is 0 Å². The van der Waals surface area contributed by atoms with Crippen LogP contribution in [0.15, 0.2) is 0 Å². The van der Waals surface area contributed by atoms with Gasteiger partial charge in [0.2, 0.25) is 10.0 Å². The number of piperidine rings is 1. The van der Waals surface area contributed by atoms with Crippen LogP contribution in [0.3, 0.4) is 0 Å². The fraction of sp³-hybridized carbons (Fsp3) is 0.909. The molecule has 0 unspecified atom stereocenters. The third kappa shape index (κ3) is 4.37. The largest absolute Gasteiger partial charge is 0.381 e. The Morgan fingerprint density at radius 1 is 1.35 bits per heavy atom. The van der Waals surface area contributed by atoms with E-state index in [1.807, 2.05) is 6.92 Å². The Hall–Kier alpha value is -0.460. The van der Waals surface area contributed by atoms with Crippen molar-refractivity contribution in [2.24, 2.45) is 5.92 Å². The second-order valence-electron chi connectivity index (χ2n) is 4.30. The van der Waals surface area contributed by atoms with Crippen molar-refractivity contribution in [1.29, 1.82) is 0 Å². The van der Waals surface area contributed by atoms with Gasteiger partial charge in [-0.2, -0.15) is 0 Å². The molecule has 0 atom stereocenters. The summed E-state index contributed by atoms with van der Waals surface area (Å²) in [5.41, 5.74) is 0. The minimum Gasteiger partial charge on any atom is -0.381 e. The van der Waals surface area contributed by atoms with E-state index in [1.165, 1.54) is 4.31 Å². The van der Waals surface area contributed by atoms with E-state index >= 15 is 0 Å². The van der Waals surface area contributed by atoms with Gasteiger partial charge in [0, 0.05) is 25.6 Å². The summed E-state index contributed by atoms with van der Waals surface area (Å²) >= 11 is 0. The molecule has 17 heavy (non-hydrogen) atoms. The van der Waals surface area contributed by atoms with Gasteiger partial charge >= 0.3 is 0 Å². The van der Waals surface area contributed by atoms with Crippen molar-refractivity contribution in [3.8, 4) is 0 Å². The highest BCUT2D eigenvalue weighted by Gasteiger charge is 2.29. The molecule has 1 fully saturated rings. The van der Waals surface area contributed by atoms with Crippen LogP contribution in [0, 0.1) is 5.92 Å². The number of sulfonamides is 1. The average Bonchev–Trinajstić information content (AvgIpc) is 2.29. The molecular weight excluding hydrogens is 242 g/mol. The Kier molecular flexibility index (Phi) is 5.55. The van der Waals surface area contributed by atoms with E-state index in [2.05, 4.69) is 0 Å². The van der Waals surface area contributed by atoms with Crippen LogP contribution in [0.1, 0.15) is 26.7 Å². The first kappa shape index (κ1) is 14.6. The van der Waals surface area contributed by atoms with E-state index in [0.29, 0.717) is 32.5 Å². The number of rotatable bonds is 6. The molecule has 100 valence electrons. The van der Waals surface area contributed by atoms with E-state index in [9.17, 15) is 13.2 Å². The maximum absolute atomic E-state index is 11.9. The lowest BCUT2D eigenvalue weighted by molar-refractivity contribution is -0.121. The first-order valence-corrected chi connectivity index (χ1v) is 7.64. The predicted molar refractivity (Wildman–Crippen MR) is 65.3 cm³/mol. The van der Waals surface area contributed by atoms with Gasteiger partial charge in [0.05, 0.1) is 12.4 Å². The second-order valence-corrected chi connectivity index (χ2v) is 6.39. The third-order valence-corrected chi connectivity index (χ3v) is 4.95. The van der Waals surface area contributed by atoms with Crippen molar-refractivity contribution in [1.82, 2.24) is 4.31 Å². The van der Waals surface area contributed by atoms with Crippen molar-refractivity contribution in [2.45, 2.75) is 26.7 Å². The molecule has 0 N–H and O–H groups in total. The zero-order valence-electron chi connectivity index (χ0n) is 10.5. The summed E-state index contributed by atoms with van der Waals surface area (Å²) in [6, 6.07) is 0. The lowest BCUT2D eigenvalue weighted by atomic mass is 9.95. The van der Waals surface area contributed by atoms with Crippen molar-refractivity contribution in [3.63, 3.8) is 0 Å². The Balaban J connectivity index is 2.44. The first-order valence-electron chi connectivity index (χ1n) is 6.03. The summed E-state index contributed by atoms with van der Waals surface area (Å²) in [5, 5.41) is 0. The Bertz CT molecular complexity index is 344. The van der Waals surface area contributed by atoms with Gasteiger partial charge in [0.1, 0.15) is 5.78 Å². The fourth-order valence-corrected chi connectivity index (χ4v) is 3.33. The van der Waals surface area contributed by atoms with Crippen LogP contribution in [0.4, 0.5) is 0 Å². The molecular formula is C11H21NO4S. The van der Waals surface area contributed by atoms with E-state index < -0.39 is 10.0 Å². The number of ketones is 1. The SMILES string of the molecule is CCOCCS(=O)(=O)N1CCC(C(C)=O)CC1. The number of nitrogens with zero attached hydrogens (tertiary/aromatic N) is 1. The lowest BCUT2D eigenvalue weighted by Crippen LogP contribution is -2.41. The van der Waals surface area contributed by atoms with Crippen molar-refractivity contribution < 1.29 is 17.9 Å². The standard InChI is InChI=1S/C11H21NO4S/c1-3-16-8-9-17(14,15)12-6-4-11(5-7-12)10(2)13/h11H,3-9H2,1-2H3. The minimum atomic E-state index is -3.21. The van der Waals surface area contributed by atoms with Crippen LogP contribution in [-0.4, -0.2) is 50.6 Å². The monoisotopic (exact) mass is 263 g/mol. The average molecular weight is 263 g/mol. The van der Waals surface area contributed by atoms with Crippen molar-refractivity contribution in [2.75, 3.05) is 32.1 Å². The highest BCUT2D eigenvalue weighted by molar-refractivity contribution is 7.89. The molecule has 0 aromatic rings. The van der Waals surface area contributed by atoms with Gasteiger partial charge in [-0.1, -0.05) is 0 Å². The Morgan fingerprint density at radius 3 is 2.41 bits per heavy atom. The maximum Gasteiger partial charge on any atom is 0.216 e. The number of hydrogen-bond donors (Lipinski definition) is 0. The van der Waals surface area contributed by atoms with Crippen LogP contribution in [0.2, 0.25) is 0 Å². The summed E-state index contributed by atoms with van der Waals surface area (Å²) in [6.45, 7) is 5.10. The molecule has 0 saturated carbocycles. The zero-order chi connectivity index (χ0) is 12.9. The molecule has 0 bridgehead atoms. The zero-order valence-corrected chi connectivity index (χ0v) is 11.3. The number of carbonyl (C=O) groups is 1. The second kappa shape index (κ2) is 6.47. The van der Waals surface area contributed by atoms with E-state index in [0.717, 1.165) is 0 Å². The molecule has 0 radical (unpaired) electrons. The fourth-order valence-electron chi connectivity index (χ4n) is 1.98. The van der Waals surface area contributed by atoms with E-state index in [4.69, 9.17) is 4.74 Å². The van der Waals surface area contributed by atoms with Crippen LogP contribution < -0.4 is 0 Å². The number of hydrogen-bond acceptors (Lipinski definition) is 4. The van der Waals surface area contributed by atoms with Gasteiger partial charge in [-0.25, -0.2) is 12.7 Å². The molecule has 0 aliphatic carbocycles. The first-order chi connectivity index (χ1) is 7.97. The van der Waals surface area contributed by atoms with Gasteiger partial charge in [-0.05, 0) is 26.7 Å². The third-order valence-electron chi connectivity index (χ3n) is 3.11. The molecule has 0 aromatic carbocycles. The quantitative estimate of drug-likeness (QED) is 0.660. The molecule has 5 nitrogen and oxygen atoms in total. The molecule has 1 saturated heterocycles. The predicted octanol–water partition coefficient (Wildman–Crippen LogP) is 0.654. The number of carbonyl (C=O) groups excluding carboxylic acids is 1. The summed E-state index contributed by atoms with van der Waals surface area (Å²) in [4.78, 5) is 11.2. The highest BCUT2D eigenvalue weighted by atomic mass is 32.2. The number of Topliss-reactive ketones (excluding diaryl/α,β-unsaturated/α-hetero) is 1.